The predicted molar refractivity (Wildman–Crippen MR) is 138 cm³/mol. The smallest absolute Gasteiger partial charge is 0.223 e. The minimum atomic E-state index is -0.268. The van der Waals surface area contributed by atoms with E-state index in [9.17, 15) is 9.18 Å². The molecule has 5 rings (SSSR count). The number of anilines is 1. The number of nitrogens with one attached hydrogen (secondary N) is 1. The van der Waals surface area contributed by atoms with Crippen molar-refractivity contribution in [1.82, 2.24) is 14.9 Å². The zero-order chi connectivity index (χ0) is 24.4. The predicted octanol–water partition coefficient (Wildman–Crippen LogP) is 5.37. The first-order chi connectivity index (χ1) is 17.0. The molecule has 2 heterocycles. The number of carbonyl (C=O) groups excluding carboxylic acids is 1. The van der Waals surface area contributed by atoms with Gasteiger partial charge in [0.1, 0.15) is 5.82 Å². The topological polar surface area (TPSA) is 50.2 Å². The van der Waals surface area contributed by atoms with Crippen LogP contribution < -0.4 is 10.2 Å². The highest BCUT2D eigenvalue weighted by Gasteiger charge is 2.27. The molecule has 0 aliphatic carbocycles. The van der Waals surface area contributed by atoms with Gasteiger partial charge in [-0.15, -0.1) is 0 Å². The van der Waals surface area contributed by atoms with Crippen molar-refractivity contribution in [3.8, 4) is 0 Å². The lowest BCUT2D eigenvalue weighted by atomic mass is 9.96. The van der Waals surface area contributed by atoms with Crippen LogP contribution in [0.15, 0.2) is 66.7 Å². The van der Waals surface area contributed by atoms with Gasteiger partial charge in [0, 0.05) is 25.6 Å². The number of halogens is 1. The maximum atomic E-state index is 13.1. The minimum absolute atomic E-state index is 0.0245. The molecular formula is C29H31FN4O. The van der Waals surface area contributed by atoms with E-state index in [0.717, 1.165) is 55.0 Å². The molecule has 1 aliphatic heterocycles. The molecule has 1 fully saturated rings. The van der Waals surface area contributed by atoms with E-state index in [4.69, 9.17) is 4.98 Å². The summed E-state index contributed by atoms with van der Waals surface area (Å²) >= 11 is 0. The number of piperidine rings is 1. The molecule has 1 saturated heterocycles. The Balaban J connectivity index is 1.30. The molecule has 1 aromatic heterocycles. The number of amides is 1. The highest BCUT2D eigenvalue weighted by atomic mass is 19.1. The van der Waals surface area contributed by atoms with E-state index in [1.807, 2.05) is 6.07 Å². The van der Waals surface area contributed by atoms with Gasteiger partial charge < -0.3 is 14.8 Å². The monoisotopic (exact) mass is 470 g/mol. The Labute approximate surface area is 205 Å². The summed E-state index contributed by atoms with van der Waals surface area (Å²) in [7, 11) is 0. The molecule has 0 unspecified atom stereocenters. The molecule has 5 nitrogen and oxygen atoms in total. The normalized spacial score (nSPS) is 14.4. The van der Waals surface area contributed by atoms with Crippen LogP contribution in [0, 0.1) is 25.6 Å². The molecule has 6 heteroatoms. The first-order valence-electron chi connectivity index (χ1n) is 12.3. The zero-order valence-electron chi connectivity index (χ0n) is 20.3. The summed E-state index contributed by atoms with van der Waals surface area (Å²) in [5.41, 5.74) is 6.84. The molecule has 0 spiro atoms. The molecule has 0 atom stereocenters. The minimum Gasteiger partial charge on any atom is -0.352 e. The van der Waals surface area contributed by atoms with Crippen LogP contribution in [0.3, 0.4) is 0 Å². The van der Waals surface area contributed by atoms with Crippen LogP contribution in [0.25, 0.3) is 11.0 Å². The van der Waals surface area contributed by atoms with Crippen LogP contribution in [-0.2, 0) is 17.9 Å². The van der Waals surface area contributed by atoms with Gasteiger partial charge >= 0.3 is 0 Å². The number of imidazole rings is 1. The van der Waals surface area contributed by atoms with Gasteiger partial charge in [-0.2, -0.15) is 0 Å². The van der Waals surface area contributed by atoms with Crippen LogP contribution in [-0.4, -0.2) is 28.5 Å². The molecule has 35 heavy (non-hydrogen) atoms. The van der Waals surface area contributed by atoms with Crippen molar-refractivity contribution in [1.29, 1.82) is 0 Å². The van der Waals surface area contributed by atoms with Crippen molar-refractivity contribution in [2.24, 2.45) is 5.92 Å². The molecule has 1 amide bonds. The van der Waals surface area contributed by atoms with Crippen molar-refractivity contribution in [3.05, 3.63) is 94.8 Å². The Morgan fingerprint density at radius 3 is 2.54 bits per heavy atom. The lowest BCUT2D eigenvalue weighted by molar-refractivity contribution is -0.125. The van der Waals surface area contributed by atoms with Gasteiger partial charge in [0.15, 0.2) is 0 Å². The summed E-state index contributed by atoms with van der Waals surface area (Å²) in [6.45, 7) is 7.04. The third-order valence-corrected chi connectivity index (χ3v) is 7.00. The number of para-hydroxylation sites is 2. The lowest BCUT2D eigenvalue weighted by Crippen LogP contribution is -2.41. The molecule has 1 aliphatic rings. The Hall–Kier alpha value is -3.67. The van der Waals surface area contributed by atoms with Crippen LogP contribution in [0.1, 0.15) is 35.1 Å². The Bertz CT molecular complexity index is 1340. The fraction of sp³-hybridized carbons (Fsp3) is 0.310. The quantitative estimate of drug-likeness (QED) is 0.412. The number of hydrogen-bond donors (Lipinski definition) is 1. The lowest BCUT2D eigenvalue weighted by Gasteiger charge is -2.32. The third kappa shape index (κ3) is 5.06. The summed E-state index contributed by atoms with van der Waals surface area (Å²) in [6, 6.07) is 21.1. The van der Waals surface area contributed by atoms with Gasteiger partial charge in [0.2, 0.25) is 11.9 Å². The van der Waals surface area contributed by atoms with E-state index in [1.54, 1.807) is 12.1 Å². The summed E-state index contributed by atoms with van der Waals surface area (Å²) < 4.78 is 15.4. The Morgan fingerprint density at radius 1 is 1.03 bits per heavy atom. The SMILES string of the molecule is Cc1ccc(C)c(Cn2c(N3CCC(C(=O)NCc4ccc(F)cc4)CC3)nc3ccccc32)c1. The van der Waals surface area contributed by atoms with Gasteiger partial charge in [0.25, 0.3) is 0 Å². The first-order valence-corrected chi connectivity index (χ1v) is 12.3. The second kappa shape index (κ2) is 9.90. The number of hydrogen-bond acceptors (Lipinski definition) is 3. The molecule has 0 radical (unpaired) electrons. The number of aryl methyl sites for hydroxylation is 2. The summed E-state index contributed by atoms with van der Waals surface area (Å²) in [6.07, 6.45) is 1.56. The van der Waals surface area contributed by atoms with E-state index in [1.165, 1.54) is 28.8 Å². The van der Waals surface area contributed by atoms with Crippen molar-refractivity contribution in [2.45, 2.75) is 39.8 Å². The third-order valence-electron chi connectivity index (χ3n) is 7.00. The molecular weight excluding hydrogens is 439 g/mol. The van der Waals surface area contributed by atoms with E-state index >= 15 is 0 Å². The fourth-order valence-corrected chi connectivity index (χ4v) is 4.88. The maximum absolute atomic E-state index is 13.1. The van der Waals surface area contributed by atoms with Gasteiger partial charge in [0.05, 0.1) is 17.6 Å². The number of rotatable bonds is 6. The highest BCUT2D eigenvalue weighted by molar-refractivity contribution is 5.80. The highest BCUT2D eigenvalue weighted by Crippen LogP contribution is 2.28. The number of benzene rings is 3. The van der Waals surface area contributed by atoms with Crippen molar-refractivity contribution in [3.63, 3.8) is 0 Å². The molecule has 1 N–H and O–H groups in total. The Kier molecular flexibility index (Phi) is 6.53. The van der Waals surface area contributed by atoms with Crippen molar-refractivity contribution in [2.75, 3.05) is 18.0 Å². The van der Waals surface area contributed by atoms with Crippen molar-refractivity contribution >= 4 is 22.9 Å². The fourth-order valence-electron chi connectivity index (χ4n) is 4.88. The average molecular weight is 471 g/mol. The van der Waals surface area contributed by atoms with Crippen LogP contribution >= 0.6 is 0 Å². The maximum Gasteiger partial charge on any atom is 0.223 e. The molecule has 0 saturated carbocycles. The van der Waals surface area contributed by atoms with Gasteiger partial charge in [-0.25, -0.2) is 9.37 Å². The number of nitrogens with zero attached hydrogens (tertiary/aromatic N) is 3. The molecule has 0 bridgehead atoms. The summed E-state index contributed by atoms with van der Waals surface area (Å²) in [4.78, 5) is 20.1. The standard InChI is InChI=1S/C29H31FN4O/c1-20-7-8-21(2)24(17-20)19-34-27-6-4-3-5-26(27)32-29(34)33-15-13-23(14-16-33)28(35)31-18-22-9-11-25(30)12-10-22/h3-12,17,23H,13-16,18-19H2,1-2H3,(H,31,35). The summed E-state index contributed by atoms with van der Waals surface area (Å²) in [5, 5.41) is 3.02. The molecule has 180 valence electrons. The van der Waals surface area contributed by atoms with E-state index < -0.39 is 0 Å². The van der Waals surface area contributed by atoms with Crippen LogP contribution in [0.5, 0.6) is 0 Å². The van der Waals surface area contributed by atoms with Crippen molar-refractivity contribution < 1.29 is 9.18 Å². The van der Waals surface area contributed by atoms with Gasteiger partial charge in [-0.1, -0.05) is 48.0 Å². The zero-order valence-corrected chi connectivity index (χ0v) is 20.3. The summed E-state index contributed by atoms with van der Waals surface area (Å²) in [5.74, 6) is 0.745. The largest absolute Gasteiger partial charge is 0.352 e. The van der Waals surface area contributed by atoms with Crippen LogP contribution in [0.2, 0.25) is 0 Å². The van der Waals surface area contributed by atoms with E-state index in [-0.39, 0.29) is 17.6 Å². The number of carbonyl (C=O) groups is 1. The Morgan fingerprint density at radius 2 is 1.77 bits per heavy atom. The first kappa shape index (κ1) is 23.1. The molecule has 4 aromatic rings. The van der Waals surface area contributed by atoms with E-state index in [2.05, 4.69) is 65.0 Å². The second-order valence-electron chi connectivity index (χ2n) is 9.52. The van der Waals surface area contributed by atoms with Crippen LogP contribution in [0.4, 0.5) is 10.3 Å². The molecule has 3 aromatic carbocycles. The van der Waals surface area contributed by atoms with Gasteiger partial charge in [-0.05, 0) is 67.6 Å². The van der Waals surface area contributed by atoms with E-state index in [0.29, 0.717) is 6.54 Å². The van der Waals surface area contributed by atoms with Gasteiger partial charge in [-0.3, -0.25) is 4.79 Å². The average Bonchev–Trinajstić information content (AvgIpc) is 3.24. The second-order valence-corrected chi connectivity index (χ2v) is 9.52. The number of fused-ring (bicyclic) bond motifs is 1. The number of aromatic nitrogens is 2.